The summed E-state index contributed by atoms with van der Waals surface area (Å²) in [5, 5.41) is 13.4. The van der Waals surface area contributed by atoms with Gasteiger partial charge in [0.1, 0.15) is 5.75 Å². The highest BCUT2D eigenvalue weighted by Gasteiger charge is 2.30. The van der Waals surface area contributed by atoms with E-state index in [9.17, 15) is 23.1 Å². The number of amides is 1. The fourth-order valence-electron chi connectivity index (χ4n) is 1.92. The molecule has 2 aromatic carbocycles. The third kappa shape index (κ3) is 5.70. The number of benzene rings is 2. The summed E-state index contributed by atoms with van der Waals surface area (Å²) in [6.45, 7) is 0. The average Bonchev–Trinajstić information content (AvgIpc) is 2.52. The van der Waals surface area contributed by atoms with E-state index < -0.39 is 17.6 Å². The summed E-state index contributed by atoms with van der Waals surface area (Å²) in [6.07, 6.45) is -3.30. The molecule has 0 aromatic heterocycles. The SMILES string of the molecule is O=C(Cc1cccc(C(F)(F)F)c1)NN=Cc1cc(Br)c(O)c(I)c1. The van der Waals surface area contributed by atoms with Crippen molar-refractivity contribution in [1.29, 1.82) is 0 Å². The molecule has 132 valence electrons. The van der Waals surface area contributed by atoms with Gasteiger partial charge >= 0.3 is 6.18 Å². The molecular formula is C16H11BrF3IN2O2. The van der Waals surface area contributed by atoms with E-state index in [2.05, 4.69) is 26.5 Å². The fourth-order valence-corrected chi connectivity index (χ4v) is 3.42. The van der Waals surface area contributed by atoms with Crippen LogP contribution in [0.2, 0.25) is 0 Å². The van der Waals surface area contributed by atoms with Crippen LogP contribution in [0.4, 0.5) is 13.2 Å². The predicted molar refractivity (Wildman–Crippen MR) is 99.4 cm³/mol. The highest BCUT2D eigenvalue weighted by Crippen LogP contribution is 2.30. The molecule has 9 heteroatoms. The lowest BCUT2D eigenvalue weighted by atomic mass is 10.1. The van der Waals surface area contributed by atoms with Crippen LogP contribution in [-0.2, 0) is 17.4 Å². The van der Waals surface area contributed by atoms with Gasteiger partial charge in [0.05, 0.1) is 26.2 Å². The number of halogens is 5. The van der Waals surface area contributed by atoms with Crippen molar-refractivity contribution in [2.24, 2.45) is 5.10 Å². The van der Waals surface area contributed by atoms with E-state index in [1.54, 1.807) is 12.1 Å². The zero-order valence-electron chi connectivity index (χ0n) is 12.4. The first-order valence-corrected chi connectivity index (χ1v) is 8.70. The number of hydrazone groups is 1. The Balaban J connectivity index is 1.99. The van der Waals surface area contributed by atoms with Gasteiger partial charge in [-0.3, -0.25) is 4.79 Å². The Morgan fingerprint density at radius 1 is 1.32 bits per heavy atom. The molecule has 0 saturated heterocycles. The van der Waals surface area contributed by atoms with Gasteiger partial charge in [0.2, 0.25) is 5.91 Å². The first kappa shape index (κ1) is 19.7. The number of nitrogens with zero attached hydrogens (tertiary/aromatic N) is 1. The number of hydrogen-bond donors (Lipinski definition) is 2. The number of aromatic hydroxyl groups is 1. The number of phenols is 1. The molecule has 2 N–H and O–H groups in total. The number of carbonyl (C=O) groups excluding carboxylic acids is 1. The summed E-state index contributed by atoms with van der Waals surface area (Å²) in [5.41, 5.74) is 2.33. The van der Waals surface area contributed by atoms with Crippen LogP contribution in [0.1, 0.15) is 16.7 Å². The second-order valence-electron chi connectivity index (χ2n) is 5.00. The third-order valence-electron chi connectivity index (χ3n) is 3.06. The molecule has 2 rings (SSSR count). The molecule has 0 aliphatic rings. The molecule has 0 atom stereocenters. The summed E-state index contributed by atoms with van der Waals surface area (Å²) >= 11 is 5.13. The Morgan fingerprint density at radius 2 is 2.04 bits per heavy atom. The Labute approximate surface area is 163 Å². The number of hydrogen-bond acceptors (Lipinski definition) is 3. The van der Waals surface area contributed by atoms with Crippen LogP contribution in [0.3, 0.4) is 0 Å². The first-order valence-electron chi connectivity index (χ1n) is 6.83. The minimum atomic E-state index is -4.45. The van der Waals surface area contributed by atoms with Crippen LogP contribution in [0.25, 0.3) is 0 Å². The van der Waals surface area contributed by atoms with Crippen molar-refractivity contribution >= 4 is 50.6 Å². The number of nitrogens with one attached hydrogen (secondary N) is 1. The van der Waals surface area contributed by atoms with Gasteiger partial charge in [-0.15, -0.1) is 0 Å². The van der Waals surface area contributed by atoms with E-state index in [1.807, 2.05) is 22.6 Å². The maximum absolute atomic E-state index is 12.6. The quantitative estimate of drug-likeness (QED) is 0.351. The van der Waals surface area contributed by atoms with Crippen molar-refractivity contribution in [2.75, 3.05) is 0 Å². The van der Waals surface area contributed by atoms with Crippen LogP contribution < -0.4 is 5.43 Å². The van der Waals surface area contributed by atoms with Gasteiger partial charge in [-0.2, -0.15) is 18.3 Å². The normalized spacial score (nSPS) is 11.7. The van der Waals surface area contributed by atoms with Crippen molar-refractivity contribution in [3.05, 3.63) is 61.1 Å². The van der Waals surface area contributed by atoms with Crippen LogP contribution >= 0.6 is 38.5 Å². The fraction of sp³-hybridized carbons (Fsp3) is 0.125. The van der Waals surface area contributed by atoms with Gasteiger partial charge in [-0.1, -0.05) is 18.2 Å². The highest BCUT2D eigenvalue weighted by molar-refractivity contribution is 14.1. The van der Waals surface area contributed by atoms with Crippen molar-refractivity contribution in [3.63, 3.8) is 0 Å². The number of alkyl halides is 3. The minimum Gasteiger partial charge on any atom is -0.506 e. The average molecular weight is 527 g/mol. The van der Waals surface area contributed by atoms with E-state index >= 15 is 0 Å². The number of carbonyl (C=O) groups is 1. The van der Waals surface area contributed by atoms with Crippen LogP contribution in [0.5, 0.6) is 5.75 Å². The van der Waals surface area contributed by atoms with E-state index in [0.29, 0.717) is 13.6 Å². The van der Waals surface area contributed by atoms with Crippen LogP contribution in [-0.4, -0.2) is 17.2 Å². The molecule has 0 unspecified atom stereocenters. The molecule has 0 heterocycles. The van der Waals surface area contributed by atoms with Gasteiger partial charge < -0.3 is 5.11 Å². The molecule has 1 amide bonds. The molecular weight excluding hydrogens is 516 g/mol. The molecule has 0 bridgehead atoms. The van der Waals surface area contributed by atoms with Crippen LogP contribution in [0.15, 0.2) is 46.0 Å². The molecule has 0 radical (unpaired) electrons. The molecule has 0 fully saturated rings. The standard InChI is InChI=1S/C16H11BrF3IN2O2/c17-12-5-10(6-13(21)15(12)25)8-22-23-14(24)7-9-2-1-3-11(4-9)16(18,19)20/h1-6,8,25H,7H2,(H,23,24). The molecule has 0 aliphatic carbocycles. The third-order valence-corrected chi connectivity index (χ3v) is 4.49. The predicted octanol–water partition coefficient (Wildman–Crippen LogP) is 4.47. The minimum absolute atomic E-state index is 0.103. The van der Waals surface area contributed by atoms with E-state index in [-0.39, 0.29) is 17.7 Å². The molecule has 4 nitrogen and oxygen atoms in total. The van der Waals surface area contributed by atoms with Gasteiger partial charge in [0.25, 0.3) is 0 Å². The van der Waals surface area contributed by atoms with Crippen molar-refractivity contribution < 1.29 is 23.1 Å². The van der Waals surface area contributed by atoms with Gasteiger partial charge in [0.15, 0.2) is 0 Å². The number of phenolic OH excluding ortho intramolecular Hbond substituents is 1. The zero-order valence-corrected chi connectivity index (χ0v) is 16.2. The summed E-state index contributed by atoms with van der Waals surface area (Å²) in [6, 6.07) is 7.85. The molecule has 0 spiro atoms. The maximum atomic E-state index is 12.6. The summed E-state index contributed by atoms with van der Waals surface area (Å²) in [7, 11) is 0. The van der Waals surface area contributed by atoms with Crippen LogP contribution in [0, 0.1) is 3.57 Å². The Kier molecular flexibility index (Phi) is 6.44. The van der Waals surface area contributed by atoms with E-state index in [1.165, 1.54) is 18.3 Å². The highest BCUT2D eigenvalue weighted by atomic mass is 127. The summed E-state index contributed by atoms with van der Waals surface area (Å²) in [4.78, 5) is 11.8. The lowest BCUT2D eigenvalue weighted by molar-refractivity contribution is -0.137. The second-order valence-corrected chi connectivity index (χ2v) is 7.02. The topological polar surface area (TPSA) is 61.7 Å². The molecule has 0 saturated carbocycles. The lowest BCUT2D eigenvalue weighted by Gasteiger charge is -2.08. The molecule has 25 heavy (non-hydrogen) atoms. The number of rotatable bonds is 4. The zero-order chi connectivity index (χ0) is 18.6. The Hall–Kier alpha value is -1.62. The van der Waals surface area contributed by atoms with E-state index in [0.717, 1.165) is 12.1 Å². The van der Waals surface area contributed by atoms with Crippen molar-refractivity contribution in [2.45, 2.75) is 12.6 Å². The first-order chi connectivity index (χ1) is 11.7. The van der Waals surface area contributed by atoms with Gasteiger partial charge in [-0.25, -0.2) is 5.43 Å². The smallest absolute Gasteiger partial charge is 0.416 e. The Bertz CT molecular complexity index is 802. The summed E-state index contributed by atoms with van der Waals surface area (Å²) < 4.78 is 39.0. The van der Waals surface area contributed by atoms with Crippen molar-refractivity contribution in [1.82, 2.24) is 5.43 Å². The summed E-state index contributed by atoms with van der Waals surface area (Å²) in [5.74, 6) is -0.436. The van der Waals surface area contributed by atoms with Crippen molar-refractivity contribution in [3.8, 4) is 5.75 Å². The Morgan fingerprint density at radius 3 is 2.68 bits per heavy atom. The monoisotopic (exact) mass is 526 g/mol. The lowest BCUT2D eigenvalue weighted by Crippen LogP contribution is -2.20. The molecule has 2 aromatic rings. The maximum Gasteiger partial charge on any atom is 0.416 e. The van der Waals surface area contributed by atoms with Gasteiger partial charge in [-0.05, 0) is 67.8 Å². The van der Waals surface area contributed by atoms with Gasteiger partial charge in [0, 0.05) is 0 Å². The second kappa shape index (κ2) is 8.17. The molecule has 0 aliphatic heterocycles. The largest absolute Gasteiger partial charge is 0.506 e. The van der Waals surface area contributed by atoms with E-state index in [4.69, 9.17) is 0 Å².